The van der Waals surface area contributed by atoms with Crippen molar-refractivity contribution in [2.45, 2.75) is 25.7 Å². The van der Waals surface area contributed by atoms with Crippen LogP contribution in [0, 0.1) is 6.92 Å². The minimum atomic E-state index is 0.674. The van der Waals surface area contributed by atoms with Gasteiger partial charge >= 0.3 is 0 Å². The summed E-state index contributed by atoms with van der Waals surface area (Å²) in [6, 6.07) is 6.26. The zero-order valence-electron chi connectivity index (χ0n) is 9.53. The van der Waals surface area contributed by atoms with Gasteiger partial charge in [0.1, 0.15) is 10.7 Å². The van der Waals surface area contributed by atoms with E-state index in [0.29, 0.717) is 5.92 Å². The van der Waals surface area contributed by atoms with Gasteiger partial charge in [0.2, 0.25) is 0 Å². The summed E-state index contributed by atoms with van der Waals surface area (Å²) in [6.45, 7) is 2.08. The highest BCUT2D eigenvalue weighted by Crippen LogP contribution is 2.45. The lowest BCUT2D eigenvalue weighted by molar-refractivity contribution is 1.09. The maximum atomic E-state index is 6.07. The van der Waals surface area contributed by atoms with Crippen molar-refractivity contribution in [1.82, 2.24) is 4.98 Å². The molecule has 1 fully saturated rings. The van der Waals surface area contributed by atoms with Crippen LogP contribution in [0.1, 0.15) is 29.3 Å². The number of thiazole rings is 1. The summed E-state index contributed by atoms with van der Waals surface area (Å²) in [4.78, 5) is 4.69. The van der Waals surface area contributed by atoms with Crippen LogP contribution in [0.25, 0.3) is 11.3 Å². The van der Waals surface area contributed by atoms with Crippen molar-refractivity contribution in [3.63, 3.8) is 0 Å². The maximum Gasteiger partial charge on any atom is 0.114 e. The van der Waals surface area contributed by atoms with Crippen molar-refractivity contribution in [2.75, 3.05) is 5.73 Å². The first-order chi connectivity index (χ1) is 8.15. The molecule has 2 nitrogen and oxygen atoms in total. The normalized spacial score (nSPS) is 15.2. The van der Waals surface area contributed by atoms with Crippen LogP contribution in [0.4, 0.5) is 5.00 Å². The molecule has 88 valence electrons. The largest absolute Gasteiger partial charge is 0.389 e. The Morgan fingerprint density at radius 2 is 2.18 bits per heavy atom. The first kappa shape index (κ1) is 11.2. The monoisotopic (exact) mass is 308 g/mol. The minimum absolute atomic E-state index is 0.674. The van der Waals surface area contributed by atoms with Crippen molar-refractivity contribution in [3.8, 4) is 11.3 Å². The van der Waals surface area contributed by atoms with Crippen LogP contribution in [-0.4, -0.2) is 4.98 Å². The fraction of sp³-hybridized carbons (Fsp3) is 0.308. The van der Waals surface area contributed by atoms with Gasteiger partial charge in [-0.1, -0.05) is 22.0 Å². The quantitative estimate of drug-likeness (QED) is 0.896. The third kappa shape index (κ3) is 2.11. The van der Waals surface area contributed by atoms with Gasteiger partial charge in [0, 0.05) is 16.0 Å². The lowest BCUT2D eigenvalue weighted by atomic mass is 10.1. The van der Waals surface area contributed by atoms with Crippen LogP contribution in [0.5, 0.6) is 0 Å². The predicted molar refractivity (Wildman–Crippen MR) is 76.4 cm³/mol. The number of nitrogen functional groups attached to an aromatic ring is 1. The zero-order chi connectivity index (χ0) is 12.0. The van der Waals surface area contributed by atoms with Crippen LogP contribution in [0.2, 0.25) is 0 Å². The Morgan fingerprint density at radius 3 is 2.82 bits per heavy atom. The average Bonchev–Trinajstić information content (AvgIpc) is 3.07. The molecule has 2 aromatic rings. The smallest absolute Gasteiger partial charge is 0.114 e. The molecule has 0 bridgehead atoms. The molecular weight excluding hydrogens is 296 g/mol. The predicted octanol–water partition coefficient (Wildman–Crippen LogP) is 4.34. The number of nitrogens with zero attached hydrogens (tertiary/aromatic N) is 1. The van der Waals surface area contributed by atoms with E-state index in [9.17, 15) is 0 Å². The lowest BCUT2D eigenvalue weighted by Crippen LogP contribution is -1.87. The SMILES string of the molecule is Cc1cc(-c2nc(C3CC3)sc2N)ccc1Br. The highest BCUT2D eigenvalue weighted by atomic mass is 79.9. The summed E-state index contributed by atoms with van der Waals surface area (Å²) in [5.74, 6) is 0.674. The number of aryl methyl sites for hydroxylation is 1. The number of rotatable bonds is 2. The Morgan fingerprint density at radius 1 is 1.41 bits per heavy atom. The van der Waals surface area contributed by atoms with Gasteiger partial charge in [-0.25, -0.2) is 4.98 Å². The Kier molecular flexibility index (Phi) is 2.71. The highest BCUT2D eigenvalue weighted by Gasteiger charge is 2.28. The molecule has 0 atom stereocenters. The summed E-state index contributed by atoms with van der Waals surface area (Å²) in [7, 11) is 0. The number of benzene rings is 1. The van der Waals surface area contributed by atoms with Crippen molar-refractivity contribution in [1.29, 1.82) is 0 Å². The summed E-state index contributed by atoms with van der Waals surface area (Å²) >= 11 is 5.15. The second kappa shape index (κ2) is 4.10. The van der Waals surface area contributed by atoms with E-state index in [0.717, 1.165) is 20.7 Å². The molecular formula is C13H13BrN2S. The molecule has 4 heteroatoms. The van der Waals surface area contributed by atoms with E-state index in [4.69, 9.17) is 10.7 Å². The molecule has 1 aromatic heterocycles. The third-order valence-corrected chi connectivity index (χ3v) is 4.96. The molecule has 3 rings (SSSR count). The van der Waals surface area contributed by atoms with Crippen LogP contribution >= 0.6 is 27.3 Å². The summed E-state index contributed by atoms with van der Waals surface area (Å²) in [6.07, 6.45) is 2.54. The molecule has 0 radical (unpaired) electrons. The molecule has 17 heavy (non-hydrogen) atoms. The fourth-order valence-electron chi connectivity index (χ4n) is 1.85. The zero-order valence-corrected chi connectivity index (χ0v) is 11.9. The molecule has 1 aromatic carbocycles. The van der Waals surface area contributed by atoms with E-state index in [2.05, 4.69) is 41.1 Å². The summed E-state index contributed by atoms with van der Waals surface area (Å²) < 4.78 is 1.12. The van der Waals surface area contributed by atoms with E-state index < -0.39 is 0 Å². The maximum absolute atomic E-state index is 6.07. The van der Waals surface area contributed by atoms with Gasteiger partial charge in [0.15, 0.2) is 0 Å². The van der Waals surface area contributed by atoms with Gasteiger partial charge in [-0.15, -0.1) is 11.3 Å². The van der Waals surface area contributed by atoms with Gasteiger partial charge < -0.3 is 5.73 Å². The second-order valence-corrected chi connectivity index (χ2v) is 6.42. The van der Waals surface area contributed by atoms with Crippen LogP contribution in [-0.2, 0) is 0 Å². The molecule has 0 saturated heterocycles. The molecule has 2 N–H and O–H groups in total. The third-order valence-electron chi connectivity index (χ3n) is 3.03. The minimum Gasteiger partial charge on any atom is -0.389 e. The van der Waals surface area contributed by atoms with E-state index in [-0.39, 0.29) is 0 Å². The number of anilines is 1. The number of hydrogen-bond acceptors (Lipinski definition) is 3. The van der Waals surface area contributed by atoms with Gasteiger partial charge in [-0.2, -0.15) is 0 Å². The van der Waals surface area contributed by atoms with E-state index in [1.54, 1.807) is 11.3 Å². The molecule has 0 amide bonds. The molecule has 1 aliphatic rings. The van der Waals surface area contributed by atoms with Gasteiger partial charge in [-0.3, -0.25) is 0 Å². The Hall–Kier alpha value is -0.870. The standard InChI is InChI=1S/C13H13BrN2S/c1-7-6-9(4-5-10(7)14)11-12(15)17-13(16-11)8-2-3-8/h4-6,8H,2-3,15H2,1H3. The van der Waals surface area contributed by atoms with E-state index in [1.165, 1.54) is 23.4 Å². The Balaban J connectivity index is 2.04. The molecule has 0 spiro atoms. The highest BCUT2D eigenvalue weighted by molar-refractivity contribution is 9.10. The summed E-state index contributed by atoms with van der Waals surface area (Å²) in [5, 5.41) is 2.05. The molecule has 0 aliphatic heterocycles. The number of aromatic nitrogens is 1. The van der Waals surface area contributed by atoms with Crippen molar-refractivity contribution < 1.29 is 0 Å². The van der Waals surface area contributed by atoms with Crippen LogP contribution in [0.15, 0.2) is 22.7 Å². The Bertz CT molecular complexity index is 573. The Labute approximate surface area is 113 Å². The molecule has 1 saturated carbocycles. The van der Waals surface area contributed by atoms with E-state index in [1.807, 2.05) is 0 Å². The van der Waals surface area contributed by atoms with E-state index >= 15 is 0 Å². The topological polar surface area (TPSA) is 38.9 Å². The second-order valence-electron chi connectivity index (χ2n) is 4.50. The van der Waals surface area contributed by atoms with Crippen molar-refractivity contribution in [3.05, 3.63) is 33.2 Å². The average molecular weight is 309 g/mol. The van der Waals surface area contributed by atoms with Crippen molar-refractivity contribution >= 4 is 32.3 Å². The first-order valence-corrected chi connectivity index (χ1v) is 7.29. The van der Waals surface area contributed by atoms with Gasteiger partial charge in [0.25, 0.3) is 0 Å². The fourth-order valence-corrected chi connectivity index (χ4v) is 3.12. The summed E-state index contributed by atoms with van der Waals surface area (Å²) in [5.41, 5.74) is 9.35. The van der Waals surface area contributed by atoms with Crippen LogP contribution < -0.4 is 5.73 Å². The van der Waals surface area contributed by atoms with Gasteiger partial charge in [0.05, 0.1) is 5.01 Å². The number of nitrogens with two attached hydrogens (primary N) is 1. The van der Waals surface area contributed by atoms with Crippen LogP contribution in [0.3, 0.4) is 0 Å². The lowest BCUT2D eigenvalue weighted by Gasteiger charge is -2.02. The van der Waals surface area contributed by atoms with Gasteiger partial charge in [-0.05, 0) is 37.5 Å². The number of hydrogen-bond donors (Lipinski definition) is 1. The molecule has 1 heterocycles. The number of halogens is 1. The van der Waals surface area contributed by atoms with Crippen molar-refractivity contribution in [2.24, 2.45) is 0 Å². The first-order valence-electron chi connectivity index (χ1n) is 5.68. The molecule has 1 aliphatic carbocycles. The molecule has 0 unspecified atom stereocenters.